The van der Waals surface area contributed by atoms with Crippen LogP contribution < -0.4 is 0 Å². The number of hydrogen-bond acceptors (Lipinski definition) is 3. The van der Waals surface area contributed by atoms with E-state index in [0.29, 0.717) is 19.3 Å². The van der Waals surface area contributed by atoms with E-state index in [1.54, 1.807) is 6.08 Å². The van der Waals surface area contributed by atoms with Gasteiger partial charge in [0.1, 0.15) is 5.60 Å². The molecule has 0 saturated carbocycles. The highest BCUT2D eigenvalue weighted by atomic mass is 16.5. The second-order valence-corrected chi connectivity index (χ2v) is 3.45. The maximum Gasteiger partial charge on any atom is 0.180 e. The molecule has 0 amide bonds. The van der Waals surface area contributed by atoms with Crippen molar-refractivity contribution in [3.05, 3.63) is 24.8 Å². The summed E-state index contributed by atoms with van der Waals surface area (Å²) in [5.41, 5.74) is -0.537. The minimum Gasteiger partial charge on any atom is -0.385 e. The van der Waals surface area contributed by atoms with Gasteiger partial charge in [0.2, 0.25) is 0 Å². The SMILES string of the molecule is C=CC(=C)CCCC(C)(O)C(O)O. The Morgan fingerprint density at radius 1 is 1.54 bits per heavy atom. The fourth-order valence-corrected chi connectivity index (χ4v) is 0.905. The summed E-state index contributed by atoms with van der Waals surface area (Å²) in [6.07, 6.45) is 1.67. The largest absolute Gasteiger partial charge is 0.385 e. The zero-order valence-electron chi connectivity index (χ0n) is 8.03. The molecule has 0 aliphatic heterocycles. The number of aliphatic hydroxyl groups excluding tert-OH is 1. The Kier molecular flexibility index (Phi) is 4.91. The molecular formula is C10H18O3. The van der Waals surface area contributed by atoms with Gasteiger partial charge in [0.05, 0.1) is 0 Å². The Hall–Kier alpha value is -0.640. The Morgan fingerprint density at radius 2 is 2.08 bits per heavy atom. The molecule has 1 unspecified atom stereocenters. The van der Waals surface area contributed by atoms with Gasteiger partial charge < -0.3 is 15.3 Å². The minimum atomic E-state index is -1.69. The number of rotatable bonds is 6. The second-order valence-electron chi connectivity index (χ2n) is 3.45. The fraction of sp³-hybridized carbons (Fsp3) is 0.600. The predicted molar refractivity (Wildman–Crippen MR) is 52.0 cm³/mol. The summed E-state index contributed by atoms with van der Waals surface area (Å²) in [5, 5.41) is 27.0. The molecular weight excluding hydrogens is 168 g/mol. The number of aliphatic hydroxyl groups is 3. The summed E-state index contributed by atoms with van der Waals surface area (Å²) >= 11 is 0. The molecule has 13 heavy (non-hydrogen) atoms. The summed E-state index contributed by atoms with van der Waals surface area (Å²) in [4.78, 5) is 0. The van der Waals surface area contributed by atoms with Gasteiger partial charge in [-0.3, -0.25) is 0 Å². The van der Waals surface area contributed by atoms with E-state index in [1.165, 1.54) is 6.92 Å². The van der Waals surface area contributed by atoms with E-state index in [9.17, 15) is 5.11 Å². The number of allylic oxidation sites excluding steroid dienone is 2. The average Bonchev–Trinajstić information content (AvgIpc) is 2.03. The van der Waals surface area contributed by atoms with E-state index in [0.717, 1.165) is 5.57 Å². The lowest BCUT2D eigenvalue weighted by molar-refractivity contribution is -0.178. The first-order chi connectivity index (χ1) is 5.90. The molecule has 0 aliphatic rings. The number of hydrogen-bond donors (Lipinski definition) is 3. The lowest BCUT2D eigenvalue weighted by atomic mass is 9.97. The molecule has 3 N–H and O–H groups in total. The van der Waals surface area contributed by atoms with Crippen molar-refractivity contribution < 1.29 is 15.3 Å². The van der Waals surface area contributed by atoms with Gasteiger partial charge in [-0.1, -0.05) is 24.8 Å². The first-order valence-corrected chi connectivity index (χ1v) is 4.29. The Morgan fingerprint density at radius 3 is 2.46 bits per heavy atom. The lowest BCUT2D eigenvalue weighted by Gasteiger charge is -2.24. The molecule has 0 aliphatic carbocycles. The third-order valence-corrected chi connectivity index (χ3v) is 2.03. The van der Waals surface area contributed by atoms with E-state index >= 15 is 0 Å². The monoisotopic (exact) mass is 186 g/mol. The van der Waals surface area contributed by atoms with Crippen LogP contribution in [0.3, 0.4) is 0 Å². The Bertz CT molecular complexity index is 183. The highest BCUT2D eigenvalue weighted by molar-refractivity contribution is 5.10. The Balaban J connectivity index is 3.76. The summed E-state index contributed by atoms with van der Waals surface area (Å²) in [6, 6.07) is 0. The molecule has 0 heterocycles. The van der Waals surface area contributed by atoms with Crippen LogP contribution in [0.4, 0.5) is 0 Å². The first kappa shape index (κ1) is 12.4. The topological polar surface area (TPSA) is 60.7 Å². The standard InChI is InChI=1S/C10H18O3/c1-4-8(2)6-5-7-10(3,13)9(11)12/h4,9,11-13H,1-2,5-7H2,3H3. The normalized spacial score (nSPS) is 15.5. The van der Waals surface area contributed by atoms with Gasteiger partial charge in [0.15, 0.2) is 6.29 Å². The molecule has 0 radical (unpaired) electrons. The van der Waals surface area contributed by atoms with Crippen LogP contribution in [-0.4, -0.2) is 27.2 Å². The molecule has 3 nitrogen and oxygen atoms in total. The van der Waals surface area contributed by atoms with E-state index in [4.69, 9.17) is 10.2 Å². The van der Waals surface area contributed by atoms with Crippen molar-refractivity contribution in [3.63, 3.8) is 0 Å². The van der Waals surface area contributed by atoms with Crippen molar-refractivity contribution in [2.24, 2.45) is 0 Å². The molecule has 0 bridgehead atoms. The van der Waals surface area contributed by atoms with Crippen LogP contribution in [0.2, 0.25) is 0 Å². The van der Waals surface area contributed by atoms with Gasteiger partial charge in [-0.25, -0.2) is 0 Å². The summed E-state index contributed by atoms with van der Waals surface area (Å²) in [6.45, 7) is 8.66. The molecule has 0 saturated heterocycles. The fourth-order valence-electron chi connectivity index (χ4n) is 0.905. The van der Waals surface area contributed by atoms with Gasteiger partial charge in [0, 0.05) is 0 Å². The zero-order chi connectivity index (χ0) is 10.5. The van der Waals surface area contributed by atoms with Crippen molar-refractivity contribution >= 4 is 0 Å². The van der Waals surface area contributed by atoms with Crippen molar-refractivity contribution in [2.75, 3.05) is 0 Å². The average molecular weight is 186 g/mol. The van der Waals surface area contributed by atoms with Crippen molar-refractivity contribution in [3.8, 4) is 0 Å². The molecule has 0 spiro atoms. The van der Waals surface area contributed by atoms with Crippen molar-refractivity contribution in [2.45, 2.75) is 38.1 Å². The maximum absolute atomic E-state index is 9.42. The third kappa shape index (κ3) is 4.83. The van der Waals surface area contributed by atoms with Gasteiger partial charge in [0.25, 0.3) is 0 Å². The van der Waals surface area contributed by atoms with E-state index < -0.39 is 11.9 Å². The van der Waals surface area contributed by atoms with Crippen LogP contribution in [0.25, 0.3) is 0 Å². The van der Waals surface area contributed by atoms with Crippen LogP contribution in [-0.2, 0) is 0 Å². The van der Waals surface area contributed by atoms with E-state index in [2.05, 4.69) is 13.2 Å². The quantitative estimate of drug-likeness (QED) is 0.428. The van der Waals surface area contributed by atoms with Crippen LogP contribution in [0.1, 0.15) is 26.2 Å². The zero-order valence-corrected chi connectivity index (χ0v) is 8.03. The molecule has 76 valence electrons. The summed E-state index contributed by atoms with van der Waals surface area (Å²) in [7, 11) is 0. The first-order valence-electron chi connectivity index (χ1n) is 4.29. The van der Waals surface area contributed by atoms with Crippen LogP contribution in [0, 0.1) is 0 Å². The van der Waals surface area contributed by atoms with E-state index in [-0.39, 0.29) is 0 Å². The summed E-state index contributed by atoms with van der Waals surface area (Å²) in [5.74, 6) is 0. The molecule has 0 rings (SSSR count). The maximum atomic E-state index is 9.42. The minimum absolute atomic E-state index is 0.331. The van der Waals surface area contributed by atoms with Gasteiger partial charge in [-0.2, -0.15) is 0 Å². The van der Waals surface area contributed by atoms with Crippen LogP contribution >= 0.6 is 0 Å². The predicted octanol–water partition coefficient (Wildman–Crippen LogP) is 0.961. The van der Waals surface area contributed by atoms with Crippen LogP contribution in [0.15, 0.2) is 24.8 Å². The lowest BCUT2D eigenvalue weighted by Crippen LogP contribution is -2.38. The second kappa shape index (κ2) is 5.17. The van der Waals surface area contributed by atoms with Gasteiger partial charge in [-0.15, -0.1) is 0 Å². The molecule has 1 atom stereocenters. The van der Waals surface area contributed by atoms with Crippen LogP contribution in [0.5, 0.6) is 0 Å². The van der Waals surface area contributed by atoms with Crippen molar-refractivity contribution in [1.82, 2.24) is 0 Å². The molecule has 0 aromatic carbocycles. The molecule has 0 aromatic heterocycles. The smallest absolute Gasteiger partial charge is 0.180 e. The van der Waals surface area contributed by atoms with Gasteiger partial charge in [-0.05, 0) is 26.2 Å². The Labute approximate surface area is 79.0 Å². The third-order valence-electron chi connectivity index (χ3n) is 2.03. The molecule has 0 fully saturated rings. The summed E-state index contributed by atoms with van der Waals surface area (Å²) < 4.78 is 0. The highest BCUT2D eigenvalue weighted by Gasteiger charge is 2.27. The molecule has 0 aromatic rings. The molecule has 3 heteroatoms. The van der Waals surface area contributed by atoms with Gasteiger partial charge >= 0.3 is 0 Å². The van der Waals surface area contributed by atoms with E-state index in [1.807, 2.05) is 0 Å². The highest BCUT2D eigenvalue weighted by Crippen LogP contribution is 2.18. The van der Waals surface area contributed by atoms with Crippen molar-refractivity contribution in [1.29, 1.82) is 0 Å².